The van der Waals surface area contributed by atoms with Gasteiger partial charge in [0.15, 0.2) is 0 Å². The molecule has 2 heterocycles. The maximum absolute atomic E-state index is 14.2. The van der Waals surface area contributed by atoms with Crippen LogP contribution in [0.1, 0.15) is 54.4 Å². The van der Waals surface area contributed by atoms with Crippen molar-refractivity contribution in [1.29, 1.82) is 0 Å². The molecule has 0 amide bonds. The number of rotatable bonds is 10. The molecule has 1 aliphatic heterocycles. The highest BCUT2D eigenvalue weighted by atomic mass is 19.3. The number of allylic oxidation sites excluding steroid dienone is 1. The molecule has 0 N–H and O–H groups in total. The van der Waals surface area contributed by atoms with Crippen molar-refractivity contribution in [2.45, 2.75) is 44.6 Å². The van der Waals surface area contributed by atoms with Gasteiger partial charge in [-0.25, -0.2) is 0 Å². The van der Waals surface area contributed by atoms with Gasteiger partial charge in [-0.1, -0.05) is 31.2 Å². The number of hydrogen-bond acceptors (Lipinski definition) is 5. The number of alkyl halides is 2. The number of likely N-dealkylation sites (N-methyl/N-ethyl adjacent to an activating group) is 1. The Kier molecular flexibility index (Phi) is 8.89. The number of halogens is 2. The smallest absolute Gasteiger partial charge is 0.410 e. The molecule has 0 aliphatic carbocycles. The molecule has 5 nitrogen and oxygen atoms in total. The van der Waals surface area contributed by atoms with E-state index in [-0.39, 0.29) is 5.75 Å². The lowest BCUT2D eigenvalue weighted by atomic mass is 9.87. The van der Waals surface area contributed by atoms with Gasteiger partial charge in [-0.15, -0.1) is 0 Å². The Labute approximate surface area is 223 Å². The van der Waals surface area contributed by atoms with Crippen LogP contribution in [0.4, 0.5) is 8.78 Å². The molecule has 0 radical (unpaired) electrons. The Bertz CT molecular complexity index is 1290. The van der Waals surface area contributed by atoms with Crippen molar-refractivity contribution in [3.63, 3.8) is 0 Å². The van der Waals surface area contributed by atoms with E-state index in [2.05, 4.69) is 30.1 Å². The highest BCUT2D eigenvalue weighted by Gasteiger charge is 2.32. The van der Waals surface area contributed by atoms with Crippen LogP contribution in [0, 0.1) is 0 Å². The second kappa shape index (κ2) is 12.3. The van der Waals surface area contributed by atoms with E-state index in [1.54, 1.807) is 45.6 Å². The quantitative estimate of drug-likeness (QED) is 0.290. The van der Waals surface area contributed by atoms with Crippen molar-refractivity contribution < 1.29 is 18.3 Å². The summed E-state index contributed by atoms with van der Waals surface area (Å²) in [7, 11) is 4.85. The summed E-state index contributed by atoms with van der Waals surface area (Å²) >= 11 is 0. The fourth-order valence-electron chi connectivity index (χ4n) is 4.69. The van der Waals surface area contributed by atoms with Crippen molar-refractivity contribution in [3.8, 4) is 11.5 Å². The van der Waals surface area contributed by atoms with Gasteiger partial charge in [-0.2, -0.15) is 8.78 Å². The lowest BCUT2D eigenvalue weighted by molar-refractivity contribution is -0.184. The fourth-order valence-corrected chi connectivity index (χ4v) is 4.69. The monoisotopic (exact) mass is 519 g/mol. The van der Waals surface area contributed by atoms with Crippen molar-refractivity contribution in [1.82, 2.24) is 9.88 Å². The number of aromatic nitrogens is 1. The molecule has 1 unspecified atom stereocenters. The predicted octanol–water partition coefficient (Wildman–Crippen LogP) is 6.98. The van der Waals surface area contributed by atoms with E-state index in [1.165, 1.54) is 10.5 Å². The van der Waals surface area contributed by atoms with Crippen LogP contribution in [-0.4, -0.2) is 49.5 Å². The van der Waals surface area contributed by atoms with Crippen LogP contribution >= 0.6 is 0 Å². The third-order valence-corrected chi connectivity index (χ3v) is 6.52. The van der Waals surface area contributed by atoms with Crippen LogP contribution in [-0.2, 0) is 6.42 Å². The number of aliphatic imine (C=N–C) groups is 1. The van der Waals surface area contributed by atoms with Gasteiger partial charge in [0.1, 0.15) is 18.0 Å². The topological polar surface area (TPSA) is 47.0 Å². The Hall–Kier alpha value is -3.58. The zero-order valence-corrected chi connectivity index (χ0v) is 22.5. The summed E-state index contributed by atoms with van der Waals surface area (Å²) in [4.78, 5) is 10.8. The van der Waals surface area contributed by atoms with E-state index >= 15 is 0 Å². The standard InChI is InChI=1S/C31H35F2N3O2/c1-22-13-16-29(24-10-7-17-34-20-24)35-30(28-19-25(37-4)14-15-27(22)28)12-6-9-23-8-5-11-26(18-23)38-31(32,33)21-36(2)3/h5,7-8,10-11,14-20,22H,6,9,12-13,21H2,1-4H3/b29-16+,35-30?. The average Bonchev–Trinajstić information content (AvgIpc) is 2.88. The zero-order chi connectivity index (χ0) is 27.1. The molecule has 0 bridgehead atoms. The molecule has 1 atom stereocenters. The Balaban J connectivity index is 1.57. The molecule has 38 heavy (non-hydrogen) atoms. The molecule has 0 spiro atoms. The Morgan fingerprint density at radius 2 is 1.87 bits per heavy atom. The summed E-state index contributed by atoms with van der Waals surface area (Å²) in [5.74, 6) is 1.27. The minimum absolute atomic E-state index is 0.170. The Morgan fingerprint density at radius 3 is 2.61 bits per heavy atom. The summed E-state index contributed by atoms with van der Waals surface area (Å²) < 4.78 is 38.9. The first-order chi connectivity index (χ1) is 18.2. The third kappa shape index (κ3) is 7.25. The van der Waals surface area contributed by atoms with Crippen LogP contribution in [0.3, 0.4) is 0 Å². The first-order valence-corrected chi connectivity index (χ1v) is 12.9. The molecular formula is C31H35F2N3O2. The lowest BCUT2D eigenvalue weighted by Crippen LogP contribution is -2.37. The number of benzene rings is 2. The van der Waals surface area contributed by atoms with E-state index in [0.717, 1.165) is 46.7 Å². The van der Waals surface area contributed by atoms with Crippen LogP contribution in [0.15, 0.2) is 78.1 Å². The molecular weight excluding hydrogens is 484 g/mol. The molecule has 0 fully saturated rings. The highest BCUT2D eigenvalue weighted by molar-refractivity contribution is 6.05. The second-order valence-electron chi connectivity index (χ2n) is 9.96. The lowest BCUT2D eigenvalue weighted by Gasteiger charge is -2.22. The number of nitrogens with zero attached hydrogens (tertiary/aromatic N) is 3. The van der Waals surface area contributed by atoms with Gasteiger partial charge in [-0.3, -0.25) is 9.98 Å². The van der Waals surface area contributed by atoms with Gasteiger partial charge in [0.25, 0.3) is 0 Å². The maximum atomic E-state index is 14.2. The first kappa shape index (κ1) is 27.5. The fraction of sp³-hybridized carbons (Fsp3) is 0.355. The van der Waals surface area contributed by atoms with Gasteiger partial charge in [-0.05, 0) is 93.2 Å². The molecule has 1 aliphatic rings. The largest absolute Gasteiger partial charge is 0.497 e. The van der Waals surface area contributed by atoms with Crippen molar-refractivity contribution in [3.05, 3.63) is 95.3 Å². The van der Waals surface area contributed by atoms with Crippen LogP contribution < -0.4 is 9.47 Å². The summed E-state index contributed by atoms with van der Waals surface area (Å²) in [6.45, 7) is 1.74. The summed E-state index contributed by atoms with van der Waals surface area (Å²) in [6, 6.07) is 17.1. The molecule has 200 valence electrons. The van der Waals surface area contributed by atoms with E-state index in [4.69, 9.17) is 14.5 Å². The molecule has 4 rings (SSSR count). The Morgan fingerprint density at radius 1 is 1.03 bits per heavy atom. The third-order valence-electron chi connectivity index (χ3n) is 6.52. The van der Waals surface area contributed by atoms with Crippen molar-refractivity contribution in [2.75, 3.05) is 27.7 Å². The molecule has 2 aromatic carbocycles. The number of methoxy groups -OCH3 is 1. The highest BCUT2D eigenvalue weighted by Crippen LogP contribution is 2.33. The predicted molar refractivity (Wildman–Crippen MR) is 148 cm³/mol. The minimum Gasteiger partial charge on any atom is -0.497 e. The summed E-state index contributed by atoms with van der Waals surface area (Å²) in [5, 5.41) is 0. The number of ether oxygens (including phenoxy) is 2. The molecule has 3 aromatic rings. The van der Waals surface area contributed by atoms with Crippen molar-refractivity contribution in [2.24, 2.45) is 4.99 Å². The van der Waals surface area contributed by atoms with E-state index in [0.29, 0.717) is 18.8 Å². The summed E-state index contributed by atoms with van der Waals surface area (Å²) in [5.41, 5.74) is 6.14. The average molecular weight is 520 g/mol. The molecule has 0 saturated carbocycles. The van der Waals surface area contributed by atoms with Gasteiger partial charge >= 0.3 is 6.11 Å². The van der Waals surface area contributed by atoms with Gasteiger partial charge in [0, 0.05) is 29.2 Å². The van der Waals surface area contributed by atoms with Crippen LogP contribution in [0.5, 0.6) is 11.5 Å². The van der Waals surface area contributed by atoms with E-state index in [1.807, 2.05) is 30.5 Å². The number of hydrogen-bond donors (Lipinski definition) is 0. The summed E-state index contributed by atoms with van der Waals surface area (Å²) in [6.07, 6.45) is 5.60. The van der Waals surface area contributed by atoms with Gasteiger partial charge in [0.05, 0.1) is 12.8 Å². The molecule has 1 aromatic heterocycles. The number of fused-ring (bicyclic) bond motifs is 1. The zero-order valence-electron chi connectivity index (χ0n) is 22.5. The van der Waals surface area contributed by atoms with Gasteiger partial charge < -0.3 is 14.4 Å². The molecule has 0 saturated heterocycles. The van der Waals surface area contributed by atoms with E-state index in [9.17, 15) is 8.78 Å². The number of aryl methyl sites for hydroxylation is 1. The second-order valence-corrected chi connectivity index (χ2v) is 9.96. The first-order valence-electron chi connectivity index (χ1n) is 12.9. The normalized spacial score (nSPS) is 17.1. The van der Waals surface area contributed by atoms with Crippen LogP contribution in [0.2, 0.25) is 0 Å². The number of pyridine rings is 1. The van der Waals surface area contributed by atoms with Gasteiger partial charge in [0.2, 0.25) is 0 Å². The maximum Gasteiger partial charge on any atom is 0.410 e. The van der Waals surface area contributed by atoms with Crippen molar-refractivity contribution >= 4 is 11.4 Å². The van der Waals surface area contributed by atoms with Crippen LogP contribution in [0.25, 0.3) is 5.70 Å². The molecule has 7 heteroatoms. The SMILES string of the molecule is COc1ccc2c(c1)C(CCCc1cccc(OC(F)(F)CN(C)C)c1)=N/C(c1cccnc1)=C/CC2C. The minimum atomic E-state index is -3.26. The van der Waals surface area contributed by atoms with E-state index < -0.39 is 12.7 Å².